The molecule has 1 aliphatic rings. The van der Waals surface area contributed by atoms with E-state index in [-0.39, 0.29) is 0 Å². The van der Waals surface area contributed by atoms with Crippen LogP contribution in [-0.2, 0) is 0 Å². The number of nitrogens with one attached hydrogen (secondary N) is 1. The predicted molar refractivity (Wildman–Crippen MR) is 58.0 cm³/mol. The van der Waals surface area contributed by atoms with Crippen LogP contribution in [0.15, 0.2) is 0 Å². The molecule has 0 amide bonds. The summed E-state index contributed by atoms with van der Waals surface area (Å²) in [5.74, 6) is 0. The van der Waals surface area contributed by atoms with Crippen LogP contribution < -0.4 is 5.32 Å². The third kappa shape index (κ3) is 3.65. The lowest BCUT2D eigenvalue weighted by molar-refractivity contribution is 0.154. The third-order valence-corrected chi connectivity index (χ3v) is 2.99. The molecule has 0 saturated carbocycles. The third-order valence-electron chi connectivity index (χ3n) is 2.99. The first-order chi connectivity index (χ1) is 6.38. The van der Waals surface area contributed by atoms with Gasteiger partial charge in [0.05, 0.1) is 0 Å². The van der Waals surface area contributed by atoms with E-state index in [0.29, 0.717) is 0 Å². The molecule has 2 heteroatoms. The van der Waals surface area contributed by atoms with Crippen molar-refractivity contribution in [2.24, 2.45) is 0 Å². The highest BCUT2D eigenvalue weighted by molar-refractivity contribution is 4.78. The van der Waals surface area contributed by atoms with Crippen LogP contribution in [0.25, 0.3) is 0 Å². The van der Waals surface area contributed by atoms with Crippen molar-refractivity contribution < 1.29 is 0 Å². The summed E-state index contributed by atoms with van der Waals surface area (Å²) in [5, 5.41) is 3.46. The Morgan fingerprint density at radius 1 is 1.31 bits per heavy atom. The molecule has 0 aromatic carbocycles. The van der Waals surface area contributed by atoms with Crippen LogP contribution in [0.4, 0.5) is 0 Å². The molecule has 1 heterocycles. The molecule has 1 N–H and O–H groups in total. The van der Waals surface area contributed by atoms with E-state index >= 15 is 0 Å². The summed E-state index contributed by atoms with van der Waals surface area (Å²) in [4.78, 5) is 2.66. The Bertz CT molecular complexity index is 125. The van der Waals surface area contributed by atoms with Crippen LogP contribution in [0.5, 0.6) is 0 Å². The van der Waals surface area contributed by atoms with Crippen LogP contribution >= 0.6 is 0 Å². The highest BCUT2D eigenvalue weighted by atomic mass is 15.2. The topological polar surface area (TPSA) is 15.3 Å². The SMILES string of the molecule is CCCCCN1CCNCC1CC. The zero-order valence-corrected chi connectivity index (χ0v) is 9.18. The summed E-state index contributed by atoms with van der Waals surface area (Å²) in [6, 6.07) is 0.797. The average Bonchev–Trinajstić information content (AvgIpc) is 2.19. The first-order valence-electron chi connectivity index (χ1n) is 5.83. The second kappa shape index (κ2) is 6.39. The van der Waals surface area contributed by atoms with E-state index in [2.05, 4.69) is 24.1 Å². The monoisotopic (exact) mass is 184 g/mol. The van der Waals surface area contributed by atoms with E-state index < -0.39 is 0 Å². The fraction of sp³-hybridized carbons (Fsp3) is 1.00. The zero-order chi connectivity index (χ0) is 9.52. The quantitative estimate of drug-likeness (QED) is 0.656. The summed E-state index contributed by atoms with van der Waals surface area (Å²) >= 11 is 0. The van der Waals surface area contributed by atoms with Crippen molar-refractivity contribution in [1.29, 1.82) is 0 Å². The molecule has 0 aromatic heterocycles. The second-order valence-corrected chi connectivity index (χ2v) is 4.01. The molecule has 78 valence electrons. The molecular formula is C11H24N2. The molecule has 13 heavy (non-hydrogen) atoms. The van der Waals surface area contributed by atoms with Gasteiger partial charge in [-0.05, 0) is 19.4 Å². The van der Waals surface area contributed by atoms with Gasteiger partial charge >= 0.3 is 0 Å². The average molecular weight is 184 g/mol. The minimum absolute atomic E-state index is 0.797. The van der Waals surface area contributed by atoms with Gasteiger partial charge in [-0.15, -0.1) is 0 Å². The standard InChI is InChI=1S/C11H24N2/c1-3-5-6-8-13-9-7-12-10-11(13)4-2/h11-12H,3-10H2,1-2H3. The van der Waals surface area contributed by atoms with Crippen molar-refractivity contribution in [1.82, 2.24) is 10.2 Å². The molecule has 0 aliphatic carbocycles. The molecule has 1 saturated heterocycles. The van der Waals surface area contributed by atoms with Gasteiger partial charge in [0.2, 0.25) is 0 Å². The maximum Gasteiger partial charge on any atom is 0.0218 e. The lowest BCUT2D eigenvalue weighted by Gasteiger charge is -2.35. The molecule has 0 spiro atoms. The summed E-state index contributed by atoms with van der Waals surface area (Å²) < 4.78 is 0. The maximum absolute atomic E-state index is 3.46. The number of hydrogen-bond acceptors (Lipinski definition) is 2. The van der Waals surface area contributed by atoms with Crippen molar-refractivity contribution in [3.8, 4) is 0 Å². The van der Waals surface area contributed by atoms with Crippen molar-refractivity contribution >= 4 is 0 Å². The lowest BCUT2D eigenvalue weighted by Crippen LogP contribution is -2.51. The van der Waals surface area contributed by atoms with Gasteiger partial charge < -0.3 is 5.32 Å². The van der Waals surface area contributed by atoms with E-state index in [9.17, 15) is 0 Å². The number of piperazine rings is 1. The number of hydrogen-bond donors (Lipinski definition) is 1. The Labute approximate surface area is 82.7 Å². The highest BCUT2D eigenvalue weighted by Crippen LogP contribution is 2.08. The summed E-state index contributed by atoms with van der Waals surface area (Å²) in [6.07, 6.45) is 5.40. The number of nitrogens with zero attached hydrogens (tertiary/aromatic N) is 1. The van der Waals surface area contributed by atoms with E-state index in [0.717, 1.165) is 6.04 Å². The van der Waals surface area contributed by atoms with Crippen LogP contribution in [0.3, 0.4) is 0 Å². The van der Waals surface area contributed by atoms with Crippen molar-refractivity contribution in [2.45, 2.75) is 45.6 Å². The fourth-order valence-electron chi connectivity index (χ4n) is 2.06. The van der Waals surface area contributed by atoms with Gasteiger partial charge in [0.25, 0.3) is 0 Å². The Kier molecular flexibility index (Phi) is 5.40. The molecule has 2 nitrogen and oxygen atoms in total. The van der Waals surface area contributed by atoms with Gasteiger partial charge in [0.15, 0.2) is 0 Å². The molecule has 1 unspecified atom stereocenters. The highest BCUT2D eigenvalue weighted by Gasteiger charge is 2.18. The Morgan fingerprint density at radius 3 is 2.85 bits per heavy atom. The summed E-state index contributed by atoms with van der Waals surface area (Å²) in [7, 11) is 0. The number of unbranched alkanes of at least 4 members (excludes halogenated alkanes) is 2. The number of rotatable bonds is 5. The first-order valence-corrected chi connectivity index (χ1v) is 5.83. The fourth-order valence-corrected chi connectivity index (χ4v) is 2.06. The minimum atomic E-state index is 0.797. The molecule has 0 aromatic rings. The smallest absolute Gasteiger partial charge is 0.0218 e. The maximum atomic E-state index is 3.46. The van der Waals surface area contributed by atoms with E-state index in [1.54, 1.807) is 0 Å². The van der Waals surface area contributed by atoms with Gasteiger partial charge in [0.1, 0.15) is 0 Å². The molecule has 1 rings (SSSR count). The van der Waals surface area contributed by atoms with Gasteiger partial charge in [0, 0.05) is 25.7 Å². The van der Waals surface area contributed by atoms with Crippen molar-refractivity contribution in [2.75, 3.05) is 26.2 Å². The zero-order valence-electron chi connectivity index (χ0n) is 9.18. The van der Waals surface area contributed by atoms with Crippen molar-refractivity contribution in [3.63, 3.8) is 0 Å². The van der Waals surface area contributed by atoms with Crippen LogP contribution in [0.1, 0.15) is 39.5 Å². The van der Waals surface area contributed by atoms with Gasteiger partial charge in [-0.1, -0.05) is 26.7 Å². The molecule has 0 bridgehead atoms. The first kappa shape index (κ1) is 11.0. The molecule has 1 aliphatic heterocycles. The summed E-state index contributed by atoms with van der Waals surface area (Å²) in [6.45, 7) is 9.51. The normalized spacial score (nSPS) is 24.9. The molecular weight excluding hydrogens is 160 g/mol. The van der Waals surface area contributed by atoms with E-state index in [1.807, 2.05) is 0 Å². The Balaban J connectivity index is 2.19. The minimum Gasteiger partial charge on any atom is -0.314 e. The van der Waals surface area contributed by atoms with E-state index in [1.165, 1.54) is 51.9 Å². The Morgan fingerprint density at radius 2 is 2.15 bits per heavy atom. The molecule has 1 atom stereocenters. The van der Waals surface area contributed by atoms with Gasteiger partial charge in [-0.25, -0.2) is 0 Å². The summed E-state index contributed by atoms with van der Waals surface area (Å²) in [5.41, 5.74) is 0. The van der Waals surface area contributed by atoms with E-state index in [4.69, 9.17) is 0 Å². The largest absolute Gasteiger partial charge is 0.314 e. The van der Waals surface area contributed by atoms with Crippen LogP contribution in [0, 0.1) is 0 Å². The van der Waals surface area contributed by atoms with Crippen molar-refractivity contribution in [3.05, 3.63) is 0 Å². The Hall–Kier alpha value is -0.0800. The van der Waals surface area contributed by atoms with Crippen LogP contribution in [0.2, 0.25) is 0 Å². The second-order valence-electron chi connectivity index (χ2n) is 4.01. The lowest BCUT2D eigenvalue weighted by atomic mass is 10.1. The molecule has 0 radical (unpaired) electrons. The predicted octanol–water partition coefficient (Wildman–Crippen LogP) is 1.86. The van der Waals surface area contributed by atoms with Gasteiger partial charge in [-0.3, -0.25) is 4.90 Å². The van der Waals surface area contributed by atoms with Gasteiger partial charge in [-0.2, -0.15) is 0 Å². The van der Waals surface area contributed by atoms with Crippen LogP contribution in [-0.4, -0.2) is 37.1 Å². The molecule has 1 fully saturated rings.